The number of ether oxygens (including phenoxy) is 1. The molecular weight excluding hydrogens is 286 g/mol. The Labute approximate surface area is 126 Å². The zero-order chi connectivity index (χ0) is 14.8. The number of aromatic amines is 1. The highest BCUT2D eigenvalue weighted by molar-refractivity contribution is 7.99. The molecule has 0 atom stereocenters. The van der Waals surface area contributed by atoms with E-state index in [1.54, 1.807) is 14.2 Å². The number of fused-ring (bicyclic) bond motifs is 1. The van der Waals surface area contributed by atoms with Gasteiger partial charge in [0.2, 0.25) is 5.95 Å². The lowest BCUT2D eigenvalue weighted by molar-refractivity contribution is 0.415. The lowest BCUT2D eigenvalue weighted by Crippen LogP contribution is -1.98. The first kappa shape index (κ1) is 13.7. The third-order valence-electron chi connectivity index (χ3n) is 2.92. The molecule has 0 unspecified atom stereocenters. The summed E-state index contributed by atoms with van der Waals surface area (Å²) in [5.74, 6) is 1.41. The molecule has 2 heterocycles. The fourth-order valence-corrected chi connectivity index (χ4v) is 2.81. The molecule has 0 fully saturated rings. The maximum atomic E-state index is 5.21. The molecule has 3 rings (SSSR count). The Kier molecular flexibility index (Phi) is 3.66. The molecule has 0 bridgehead atoms. The van der Waals surface area contributed by atoms with Crippen LogP contribution < -0.4 is 10.1 Å². The lowest BCUT2D eigenvalue weighted by Gasteiger charge is -2.03. The van der Waals surface area contributed by atoms with Crippen LogP contribution in [0.1, 0.15) is 5.69 Å². The Morgan fingerprint density at radius 2 is 2.05 bits per heavy atom. The lowest BCUT2D eigenvalue weighted by atomic mass is 10.3. The molecule has 0 aliphatic heterocycles. The van der Waals surface area contributed by atoms with Gasteiger partial charge in [0.25, 0.3) is 0 Å². The van der Waals surface area contributed by atoms with E-state index in [0.29, 0.717) is 5.95 Å². The number of hydrogen-bond donors (Lipinski definition) is 2. The van der Waals surface area contributed by atoms with E-state index in [4.69, 9.17) is 4.74 Å². The molecule has 108 valence electrons. The maximum Gasteiger partial charge on any atom is 0.223 e. The molecule has 7 heteroatoms. The Morgan fingerprint density at radius 1 is 1.19 bits per heavy atom. The van der Waals surface area contributed by atoms with Crippen LogP contribution in [0.2, 0.25) is 0 Å². The van der Waals surface area contributed by atoms with Gasteiger partial charge in [0.15, 0.2) is 5.16 Å². The van der Waals surface area contributed by atoms with Gasteiger partial charge in [0, 0.05) is 18.8 Å². The monoisotopic (exact) mass is 301 g/mol. The third-order valence-corrected chi connectivity index (χ3v) is 3.73. The van der Waals surface area contributed by atoms with Crippen molar-refractivity contribution in [2.24, 2.45) is 0 Å². The predicted octanol–water partition coefficient (Wildman–Crippen LogP) is 2.86. The molecule has 0 amide bonds. The summed E-state index contributed by atoms with van der Waals surface area (Å²) in [5, 5.41) is 4.59. The molecule has 0 radical (unpaired) electrons. The molecule has 1 aromatic carbocycles. The average molecular weight is 301 g/mol. The van der Waals surface area contributed by atoms with Crippen LogP contribution in [0, 0.1) is 6.92 Å². The average Bonchev–Trinajstić information content (AvgIpc) is 2.87. The molecule has 0 spiro atoms. The van der Waals surface area contributed by atoms with Gasteiger partial charge in [-0.2, -0.15) is 0 Å². The quantitative estimate of drug-likeness (QED) is 0.722. The van der Waals surface area contributed by atoms with Crippen LogP contribution >= 0.6 is 11.8 Å². The summed E-state index contributed by atoms with van der Waals surface area (Å²) in [7, 11) is 3.45. The fourth-order valence-electron chi connectivity index (χ4n) is 1.94. The molecule has 6 nitrogen and oxygen atoms in total. The standard InChI is InChI=1S/C14H15N5OS/c1-8-6-12(19-13(15-2)16-8)21-14-17-10-5-4-9(20-3)7-11(10)18-14/h4-7H,1-3H3,(H,17,18)(H,15,16,19). The minimum Gasteiger partial charge on any atom is -0.497 e. The van der Waals surface area contributed by atoms with Crippen molar-refractivity contribution in [1.82, 2.24) is 19.9 Å². The highest BCUT2D eigenvalue weighted by Gasteiger charge is 2.08. The summed E-state index contributed by atoms with van der Waals surface area (Å²) in [4.78, 5) is 16.5. The van der Waals surface area contributed by atoms with Crippen molar-refractivity contribution in [3.8, 4) is 5.75 Å². The Morgan fingerprint density at radius 3 is 2.81 bits per heavy atom. The van der Waals surface area contributed by atoms with Crippen LogP contribution in [0.25, 0.3) is 11.0 Å². The van der Waals surface area contributed by atoms with E-state index in [9.17, 15) is 0 Å². The molecule has 3 aromatic rings. The van der Waals surface area contributed by atoms with Crippen LogP contribution in [0.15, 0.2) is 34.4 Å². The number of nitrogens with zero attached hydrogens (tertiary/aromatic N) is 3. The van der Waals surface area contributed by atoms with Gasteiger partial charge in [-0.25, -0.2) is 15.0 Å². The fraction of sp³-hybridized carbons (Fsp3) is 0.214. The van der Waals surface area contributed by atoms with E-state index in [1.165, 1.54) is 11.8 Å². The zero-order valence-corrected chi connectivity index (χ0v) is 12.8. The number of rotatable bonds is 4. The van der Waals surface area contributed by atoms with Gasteiger partial charge >= 0.3 is 0 Å². The highest BCUT2D eigenvalue weighted by atomic mass is 32.2. The smallest absolute Gasteiger partial charge is 0.223 e. The maximum absolute atomic E-state index is 5.21. The van der Waals surface area contributed by atoms with E-state index in [1.807, 2.05) is 31.2 Å². The highest BCUT2D eigenvalue weighted by Crippen LogP contribution is 2.28. The van der Waals surface area contributed by atoms with E-state index >= 15 is 0 Å². The predicted molar refractivity (Wildman–Crippen MR) is 83.1 cm³/mol. The molecule has 21 heavy (non-hydrogen) atoms. The van der Waals surface area contributed by atoms with E-state index < -0.39 is 0 Å². The van der Waals surface area contributed by atoms with Gasteiger partial charge in [-0.05, 0) is 36.9 Å². The molecule has 2 N–H and O–H groups in total. The van der Waals surface area contributed by atoms with Gasteiger partial charge < -0.3 is 15.0 Å². The first-order valence-electron chi connectivity index (χ1n) is 6.43. The first-order chi connectivity index (χ1) is 10.2. The summed E-state index contributed by atoms with van der Waals surface area (Å²) < 4.78 is 5.21. The zero-order valence-electron chi connectivity index (χ0n) is 12.0. The normalized spacial score (nSPS) is 10.8. The number of aryl methyl sites for hydroxylation is 1. The summed E-state index contributed by atoms with van der Waals surface area (Å²) >= 11 is 1.47. The van der Waals surface area contributed by atoms with Crippen molar-refractivity contribution in [3.05, 3.63) is 30.0 Å². The van der Waals surface area contributed by atoms with Crippen LogP contribution in [0.4, 0.5) is 5.95 Å². The molecule has 0 aliphatic rings. The Balaban J connectivity index is 1.92. The Bertz CT molecular complexity index is 786. The van der Waals surface area contributed by atoms with E-state index in [-0.39, 0.29) is 0 Å². The number of imidazole rings is 1. The van der Waals surface area contributed by atoms with Crippen molar-refractivity contribution < 1.29 is 4.74 Å². The van der Waals surface area contributed by atoms with E-state index in [2.05, 4.69) is 25.3 Å². The van der Waals surface area contributed by atoms with E-state index in [0.717, 1.165) is 32.7 Å². The summed E-state index contributed by atoms with van der Waals surface area (Å²) in [5.41, 5.74) is 2.75. The van der Waals surface area contributed by atoms with Crippen molar-refractivity contribution in [2.75, 3.05) is 19.5 Å². The minimum absolute atomic E-state index is 0.607. The number of H-pyrrole nitrogens is 1. The number of nitrogens with one attached hydrogen (secondary N) is 2. The van der Waals surface area contributed by atoms with Crippen LogP contribution in [0.3, 0.4) is 0 Å². The van der Waals surface area contributed by atoms with Gasteiger partial charge in [-0.1, -0.05) is 0 Å². The van der Waals surface area contributed by atoms with Gasteiger partial charge in [0.1, 0.15) is 10.8 Å². The second-order valence-electron chi connectivity index (χ2n) is 4.45. The summed E-state index contributed by atoms with van der Waals surface area (Å²) in [6.07, 6.45) is 0. The van der Waals surface area contributed by atoms with Crippen molar-refractivity contribution >= 4 is 28.7 Å². The molecule has 2 aromatic heterocycles. The van der Waals surface area contributed by atoms with Crippen molar-refractivity contribution in [3.63, 3.8) is 0 Å². The molecule has 0 saturated heterocycles. The Hall–Kier alpha value is -2.28. The summed E-state index contributed by atoms with van der Waals surface area (Å²) in [6.45, 7) is 1.94. The molecular formula is C14H15N5OS. The second-order valence-corrected chi connectivity index (χ2v) is 5.46. The second kappa shape index (κ2) is 5.61. The third kappa shape index (κ3) is 2.92. The summed E-state index contributed by atoms with van der Waals surface area (Å²) in [6, 6.07) is 7.68. The first-order valence-corrected chi connectivity index (χ1v) is 7.24. The number of hydrogen-bond acceptors (Lipinski definition) is 6. The van der Waals surface area contributed by atoms with Gasteiger partial charge in [-0.3, -0.25) is 0 Å². The van der Waals surface area contributed by atoms with Gasteiger partial charge in [0.05, 0.1) is 18.1 Å². The van der Waals surface area contributed by atoms with Crippen LogP contribution in [0.5, 0.6) is 5.75 Å². The van der Waals surface area contributed by atoms with Crippen molar-refractivity contribution in [1.29, 1.82) is 0 Å². The van der Waals surface area contributed by atoms with Crippen LogP contribution in [-0.2, 0) is 0 Å². The topological polar surface area (TPSA) is 75.7 Å². The minimum atomic E-state index is 0.607. The van der Waals surface area contributed by atoms with Crippen molar-refractivity contribution in [2.45, 2.75) is 17.1 Å². The number of anilines is 1. The van der Waals surface area contributed by atoms with Gasteiger partial charge in [-0.15, -0.1) is 0 Å². The SMILES string of the molecule is CNc1nc(C)cc(Sc2nc3ccc(OC)cc3[nH]2)n1. The number of benzene rings is 1. The molecule has 0 saturated carbocycles. The largest absolute Gasteiger partial charge is 0.497 e. The molecule has 0 aliphatic carbocycles. The number of methoxy groups -OCH3 is 1. The van der Waals surface area contributed by atoms with Crippen LogP contribution in [-0.4, -0.2) is 34.1 Å². The number of aromatic nitrogens is 4.